The standard InChI is InChI=1S/C40H70O2/c1-8-10-11-12-13-14-15-16-17-38(41)42-33-24-26-39(6)32(28-33)20-21-34-36-23-22-35(40(36,7)27-25-37(34)39)30(5)18-19-31(9-2)29(3)4/h20,29-31,33-37H,8-19,21-28H2,1-7H3. The summed E-state index contributed by atoms with van der Waals surface area (Å²) in [5.74, 6) is 6.18. The zero-order chi connectivity index (χ0) is 30.3. The fourth-order valence-electron chi connectivity index (χ4n) is 11.0. The van der Waals surface area contributed by atoms with Gasteiger partial charge in [-0.15, -0.1) is 0 Å². The summed E-state index contributed by atoms with van der Waals surface area (Å²) in [5, 5.41) is 0. The smallest absolute Gasteiger partial charge is 0.306 e. The van der Waals surface area contributed by atoms with Crippen LogP contribution in [0.15, 0.2) is 11.6 Å². The van der Waals surface area contributed by atoms with Crippen LogP contribution in [-0.4, -0.2) is 12.1 Å². The Labute approximate surface area is 262 Å². The zero-order valence-electron chi connectivity index (χ0n) is 29.2. The molecule has 9 atom stereocenters. The molecule has 242 valence electrons. The first-order chi connectivity index (χ1) is 20.1. The molecule has 42 heavy (non-hydrogen) atoms. The van der Waals surface area contributed by atoms with Crippen LogP contribution in [0.1, 0.15) is 177 Å². The van der Waals surface area contributed by atoms with E-state index in [1.807, 2.05) is 0 Å². The Balaban J connectivity index is 1.27. The van der Waals surface area contributed by atoms with E-state index < -0.39 is 0 Å². The summed E-state index contributed by atoms with van der Waals surface area (Å²) >= 11 is 0. The van der Waals surface area contributed by atoms with Gasteiger partial charge in [-0.05, 0) is 110 Å². The van der Waals surface area contributed by atoms with Crippen LogP contribution in [0, 0.1) is 52.3 Å². The molecule has 3 saturated carbocycles. The maximum Gasteiger partial charge on any atom is 0.306 e. The highest BCUT2D eigenvalue weighted by Crippen LogP contribution is 2.67. The predicted molar refractivity (Wildman–Crippen MR) is 179 cm³/mol. The van der Waals surface area contributed by atoms with Crippen LogP contribution < -0.4 is 0 Å². The van der Waals surface area contributed by atoms with Crippen LogP contribution in [0.3, 0.4) is 0 Å². The van der Waals surface area contributed by atoms with Crippen molar-refractivity contribution in [2.45, 2.75) is 183 Å². The largest absolute Gasteiger partial charge is 0.462 e. The predicted octanol–water partition coefficient (Wildman–Crippen LogP) is 12.1. The first-order valence-corrected chi connectivity index (χ1v) is 19.0. The highest BCUT2D eigenvalue weighted by Gasteiger charge is 2.59. The second kappa shape index (κ2) is 15.5. The molecule has 4 aliphatic rings. The third-order valence-electron chi connectivity index (χ3n) is 13.8. The molecule has 0 heterocycles. The van der Waals surface area contributed by atoms with Gasteiger partial charge in [-0.2, -0.15) is 0 Å². The molecule has 3 fully saturated rings. The Bertz CT molecular complexity index is 873. The highest BCUT2D eigenvalue weighted by molar-refractivity contribution is 5.69. The van der Waals surface area contributed by atoms with E-state index in [9.17, 15) is 4.79 Å². The molecule has 0 radical (unpaired) electrons. The van der Waals surface area contributed by atoms with Crippen LogP contribution in [-0.2, 0) is 9.53 Å². The van der Waals surface area contributed by atoms with E-state index in [1.54, 1.807) is 5.57 Å². The molecule has 0 aromatic carbocycles. The number of esters is 1. The number of unbranched alkanes of at least 4 members (excludes halogenated alkanes) is 7. The Morgan fingerprint density at radius 1 is 0.881 bits per heavy atom. The molecule has 4 rings (SSSR count). The molecule has 0 aromatic rings. The normalized spacial score (nSPS) is 35.6. The molecule has 2 heteroatoms. The van der Waals surface area contributed by atoms with Gasteiger partial charge in [-0.25, -0.2) is 0 Å². The molecule has 9 unspecified atom stereocenters. The van der Waals surface area contributed by atoms with Gasteiger partial charge in [-0.1, -0.05) is 118 Å². The average molecular weight is 583 g/mol. The van der Waals surface area contributed by atoms with Crippen LogP contribution in [0.25, 0.3) is 0 Å². The van der Waals surface area contributed by atoms with E-state index in [0.717, 1.165) is 60.7 Å². The van der Waals surface area contributed by atoms with E-state index in [4.69, 9.17) is 4.74 Å². The summed E-state index contributed by atoms with van der Waals surface area (Å²) in [5.41, 5.74) is 2.52. The van der Waals surface area contributed by atoms with Gasteiger partial charge in [-0.3, -0.25) is 4.79 Å². The number of fused-ring (bicyclic) bond motifs is 5. The third kappa shape index (κ3) is 7.70. The molecule has 2 nitrogen and oxygen atoms in total. The minimum Gasteiger partial charge on any atom is -0.462 e. The number of hydrogen-bond donors (Lipinski definition) is 0. The van der Waals surface area contributed by atoms with Crippen LogP contribution >= 0.6 is 0 Å². The second-order valence-corrected chi connectivity index (χ2v) is 16.5. The quantitative estimate of drug-likeness (QED) is 0.103. The summed E-state index contributed by atoms with van der Waals surface area (Å²) in [6.07, 6.45) is 28.1. The van der Waals surface area contributed by atoms with Gasteiger partial charge in [0.15, 0.2) is 0 Å². The molecule has 4 aliphatic carbocycles. The maximum absolute atomic E-state index is 12.7. The average Bonchev–Trinajstić information content (AvgIpc) is 3.32. The lowest BCUT2D eigenvalue weighted by Crippen LogP contribution is -2.51. The first kappa shape index (κ1) is 34.1. The number of carbonyl (C=O) groups excluding carboxylic acids is 1. The monoisotopic (exact) mass is 583 g/mol. The molecular weight excluding hydrogens is 512 g/mol. The van der Waals surface area contributed by atoms with Gasteiger partial charge in [0.25, 0.3) is 0 Å². The molecule has 0 amide bonds. The Morgan fingerprint density at radius 2 is 1.60 bits per heavy atom. The summed E-state index contributed by atoms with van der Waals surface area (Å²) < 4.78 is 6.09. The number of ether oxygens (including phenoxy) is 1. The van der Waals surface area contributed by atoms with E-state index >= 15 is 0 Å². The molecule has 0 bridgehead atoms. The summed E-state index contributed by atoms with van der Waals surface area (Å²) in [7, 11) is 0. The molecule has 0 aromatic heterocycles. The number of rotatable bonds is 16. The van der Waals surface area contributed by atoms with Gasteiger partial charge in [0.1, 0.15) is 6.10 Å². The van der Waals surface area contributed by atoms with Gasteiger partial charge >= 0.3 is 5.97 Å². The van der Waals surface area contributed by atoms with Crippen molar-refractivity contribution in [2.75, 3.05) is 0 Å². The minimum absolute atomic E-state index is 0.0575. The Morgan fingerprint density at radius 3 is 2.29 bits per heavy atom. The fraction of sp³-hybridized carbons (Fsp3) is 0.925. The van der Waals surface area contributed by atoms with Gasteiger partial charge in [0, 0.05) is 12.8 Å². The lowest BCUT2D eigenvalue weighted by molar-refractivity contribution is -0.151. The maximum atomic E-state index is 12.7. The lowest BCUT2D eigenvalue weighted by Gasteiger charge is -2.58. The van der Waals surface area contributed by atoms with Crippen LogP contribution in [0.4, 0.5) is 0 Å². The van der Waals surface area contributed by atoms with Crippen molar-refractivity contribution in [1.82, 2.24) is 0 Å². The molecule has 0 N–H and O–H groups in total. The number of allylic oxidation sites excluding steroid dienone is 1. The lowest BCUT2D eigenvalue weighted by atomic mass is 9.47. The van der Waals surface area contributed by atoms with E-state index in [1.165, 1.54) is 103 Å². The highest BCUT2D eigenvalue weighted by atomic mass is 16.5. The Kier molecular flexibility index (Phi) is 12.6. The Hall–Kier alpha value is -0.790. The van der Waals surface area contributed by atoms with Gasteiger partial charge in [0.2, 0.25) is 0 Å². The van der Waals surface area contributed by atoms with E-state index in [0.29, 0.717) is 17.3 Å². The summed E-state index contributed by atoms with van der Waals surface area (Å²) in [6.45, 7) is 17.4. The van der Waals surface area contributed by atoms with Crippen molar-refractivity contribution in [3.8, 4) is 0 Å². The summed E-state index contributed by atoms with van der Waals surface area (Å²) in [6, 6.07) is 0. The van der Waals surface area contributed by atoms with Crippen molar-refractivity contribution < 1.29 is 9.53 Å². The van der Waals surface area contributed by atoms with Crippen LogP contribution in [0.2, 0.25) is 0 Å². The second-order valence-electron chi connectivity index (χ2n) is 16.5. The molecular formula is C40H70O2. The SMILES string of the molecule is CCCCCCCCCCC(=O)OC1CCC2(C)C(=CCC3C2CCC2(C)C(C(C)CCC(CC)C(C)C)CCC32)C1. The van der Waals surface area contributed by atoms with Crippen molar-refractivity contribution in [3.63, 3.8) is 0 Å². The summed E-state index contributed by atoms with van der Waals surface area (Å²) in [4.78, 5) is 12.7. The third-order valence-corrected chi connectivity index (χ3v) is 13.8. The van der Waals surface area contributed by atoms with Crippen molar-refractivity contribution in [2.24, 2.45) is 52.3 Å². The van der Waals surface area contributed by atoms with E-state index in [2.05, 4.69) is 54.5 Å². The van der Waals surface area contributed by atoms with Crippen molar-refractivity contribution in [3.05, 3.63) is 11.6 Å². The molecule has 0 aliphatic heterocycles. The topological polar surface area (TPSA) is 26.3 Å². The minimum atomic E-state index is 0.0575. The van der Waals surface area contributed by atoms with Gasteiger partial charge in [0.05, 0.1) is 0 Å². The molecule has 0 spiro atoms. The number of hydrogen-bond acceptors (Lipinski definition) is 2. The first-order valence-electron chi connectivity index (χ1n) is 19.0. The van der Waals surface area contributed by atoms with Crippen molar-refractivity contribution in [1.29, 1.82) is 0 Å². The zero-order valence-corrected chi connectivity index (χ0v) is 29.2. The van der Waals surface area contributed by atoms with Crippen LogP contribution in [0.5, 0.6) is 0 Å². The van der Waals surface area contributed by atoms with Crippen molar-refractivity contribution >= 4 is 5.97 Å². The van der Waals surface area contributed by atoms with Gasteiger partial charge < -0.3 is 4.74 Å². The van der Waals surface area contributed by atoms with E-state index in [-0.39, 0.29) is 12.1 Å². The fourth-order valence-corrected chi connectivity index (χ4v) is 11.0. The molecule has 0 saturated heterocycles. The number of carbonyl (C=O) groups is 1.